The summed E-state index contributed by atoms with van der Waals surface area (Å²) in [6, 6.07) is 26.6. The fraction of sp³-hybridized carbons (Fsp3) is 0. The highest BCUT2D eigenvalue weighted by Gasteiger charge is 2.06. The van der Waals surface area contributed by atoms with E-state index in [1.165, 1.54) is 0 Å². The minimum atomic E-state index is 0.916. The molecule has 0 saturated heterocycles. The largest absolute Gasteiger partial charge is 0.263 e. The lowest BCUT2D eigenvalue weighted by atomic mass is 10.1. The van der Waals surface area contributed by atoms with Crippen LogP contribution in [0.4, 0.5) is 0 Å². The number of rotatable bonds is 2. The molecule has 0 aliphatic carbocycles. The van der Waals surface area contributed by atoms with Crippen molar-refractivity contribution in [2.24, 2.45) is 0 Å². The summed E-state index contributed by atoms with van der Waals surface area (Å²) < 4.78 is 0. The van der Waals surface area contributed by atoms with Gasteiger partial charge in [0, 0.05) is 34.3 Å². The third-order valence-corrected chi connectivity index (χ3v) is 4.53. The summed E-state index contributed by atoms with van der Waals surface area (Å²) in [5, 5.41) is 2.27. The molecule has 0 bridgehead atoms. The Morgan fingerprint density at radius 2 is 1.00 bits per heavy atom. The van der Waals surface area contributed by atoms with Crippen molar-refractivity contribution < 1.29 is 0 Å². The van der Waals surface area contributed by atoms with E-state index in [9.17, 15) is 0 Å². The van der Waals surface area contributed by atoms with Crippen LogP contribution in [0.15, 0.2) is 91.3 Å². The first kappa shape index (κ1) is 14.7. The summed E-state index contributed by atoms with van der Waals surface area (Å²) >= 11 is 0. The van der Waals surface area contributed by atoms with Crippen molar-refractivity contribution in [3.63, 3.8) is 0 Å². The summed E-state index contributed by atoms with van der Waals surface area (Å²) in [6.07, 6.45) is 3.70. The number of hydrogen-bond donors (Lipinski definition) is 0. The molecule has 5 aromatic rings. The molecule has 3 heteroatoms. The maximum Gasteiger partial charge on any atom is 0.0725 e. The average molecular weight is 333 g/mol. The topological polar surface area (TPSA) is 38.7 Å². The van der Waals surface area contributed by atoms with Gasteiger partial charge in [0.15, 0.2) is 0 Å². The van der Waals surface area contributed by atoms with E-state index < -0.39 is 0 Å². The van der Waals surface area contributed by atoms with Gasteiger partial charge in [0.25, 0.3) is 0 Å². The van der Waals surface area contributed by atoms with E-state index in [1.54, 1.807) is 0 Å². The normalized spacial score (nSPS) is 11.1. The van der Waals surface area contributed by atoms with Crippen molar-refractivity contribution in [2.45, 2.75) is 0 Å². The van der Waals surface area contributed by atoms with Gasteiger partial charge in [0.05, 0.1) is 22.4 Å². The van der Waals surface area contributed by atoms with E-state index in [4.69, 9.17) is 9.97 Å². The van der Waals surface area contributed by atoms with Crippen LogP contribution in [0.2, 0.25) is 0 Å². The standard InChI is InChI=1S/C23H15N3/c1-3-7-20-16(5-1)9-11-22(25-20)18-13-19(15-24-14-18)23-12-10-17-6-2-4-8-21(17)26-23/h1-15H. The van der Waals surface area contributed by atoms with Crippen molar-refractivity contribution in [2.75, 3.05) is 0 Å². The summed E-state index contributed by atoms with van der Waals surface area (Å²) in [5.74, 6) is 0. The minimum Gasteiger partial charge on any atom is -0.263 e. The smallest absolute Gasteiger partial charge is 0.0725 e. The predicted octanol–water partition coefficient (Wildman–Crippen LogP) is 5.51. The third kappa shape index (κ3) is 2.60. The zero-order valence-corrected chi connectivity index (χ0v) is 14.0. The molecule has 0 atom stereocenters. The fourth-order valence-corrected chi connectivity index (χ4v) is 3.17. The molecule has 3 heterocycles. The van der Waals surface area contributed by atoms with Gasteiger partial charge in [-0.05, 0) is 30.3 Å². The summed E-state index contributed by atoms with van der Waals surface area (Å²) in [5.41, 5.74) is 5.78. The van der Waals surface area contributed by atoms with Gasteiger partial charge in [-0.3, -0.25) is 4.98 Å². The molecule has 3 aromatic heterocycles. The number of aromatic nitrogens is 3. The van der Waals surface area contributed by atoms with E-state index in [1.807, 2.05) is 60.9 Å². The van der Waals surface area contributed by atoms with Crippen LogP contribution in [-0.4, -0.2) is 15.0 Å². The second kappa shape index (κ2) is 6.05. The molecule has 2 aromatic carbocycles. The number of hydrogen-bond acceptors (Lipinski definition) is 3. The van der Waals surface area contributed by atoms with Crippen LogP contribution in [0.5, 0.6) is 0 Å². The summed E-state index contributed by atoms with van der Waals surface area (Å²) in [6.45, 7) is 0. The third-order valence-electron chi connectivity index (χ3n) is 4.53. The van der Waals surface area contributed by atoms with Gasteiger partial charge in [0.2, 0.25) is 0 Å². The molecule has 0 fully saturated rings. The van der Waals surface area contributed by atoms with Gasteiger partial charge in [-0.1, -0.05) is 48.5 Å². The van der Waals surface area contributed by atoms with E-state index in [0.717, 1.165) is 44.3 Å². The van der Waals surface area contributed by atoms with Crippen molar-refractivity contribution in [1.82, 2.24) is 15.0 Å². The molecular weight excluding hydrogens is 318 g/mol. The van der Waals surface area contributed by atoms with Gasteiger partial charge < -0.3 is 0 Å². The quantitative estimate of drug-likeness (QED) is 0.427. The monoisotopic (exact) mass is 333 g/mol. The molecule has 122 valence electrons. The Labute approximate surface area is 151 Å². The summed E-state index contributed by atoms with van der Waals surface area (Å²) in [4.78, 5) is 14.0. The van der Waals surface area contributed by atoms with Gasteiger partial charge in [0.1, 0.15) is 0 Å². The van der Waals surface area contributed by atoms with Crippen LogP contribution < -0.4 is 0 Å². The average Bonchev–Trinajstić information content (AvgIpc) is 2.73. The highest BCUT2D eigenvalue weighted by atomic mass is 14.7. The Bertz CT molecular complexity index is 1150. The fourth-order valence-electron chi connectivity index (χ4n) is 3.17. The Balaban J connectivity index is 1.60. The number of fused-ring (bicyclic) bond motifs is 2. The second-order valence-electron chi connectivity index (χ2n) is 6.24. The molecule has 0 N–H and O–H groups in total. The van der Waals surface area contributed by atoms with Crippen molar-refractivity contribution in [1.29, 1.82) is 0 Å². The van der Waals surface area contributed by atoms with Crippen LogP contribution in [0.3, 0.4) is 0 Å². The molecule has 5 rings (SSSR count). The van der Waals surface area contributed by atoms with Crippen molar-refractivity contribution in [3.8, 4) is 22.5 Å². The minimum absolute atomic E-state index is 0.916. The highest BCUT2D eigenvalue weighted by molar-refractivity contribution is 5.83. The predicted molar refractivity (Wildman–Crippen MR) is 106 cm³/mol. The van der Waals surface area contributed by atoms with Crippen LogP contribution in [0.25, 0.3) is 44.3 Å². The molecule has 0 aliphatic rings. The maximum atomic E-state index is 4.77. The SMILES string of the molecule is c1ccc2nc(-c3cncc(-c4ccc5ccccc5n4)c3)ccc2c1. The van der Waals surface area contributed by atoms with Gasteiger partial charge in [-0.15, -0.1) is 0 Å². The van der Waals surface area contributed by atoms with E-state index >= 15 is 0 Å². The van der Waals surface area contributed by atoms with E-state index in [0.29, 0.717) is 0 Å². The molecular formula is C23H15N3. The van der Waals surface area contributed by atoms with Crippen molar-refractivity contribution in [3.05, 3.63) is 91.3 Å². The van der Waals surface area contributed by atoms with Gasteiger partial charge in [-0.2, -0.15) is 0 Å². The highest BCUT2D eigenvalue weighted by Crippen LogP contribution is 2.26. The zero-order valence-electron chi connectivity index (χ0n) is 14.0. The summed E-state index contributed by atoms with van der Waals surface area (Å²) in [7, 11) is 0. The Hall–Kier alpha value is -3.59. The number of nitrogens with zero attached hydrogens (tertiary/aromatic N) is 3. The second-order valence-corrected chi connectivity index (χ2v) is 6.24. The molecule has 0 saturated carbocycles. The number of pyridine rings is 3. The first-order valence-electron chi connectivity index (χ1n) is 8.54. The molecule has 0 radical (unpaired) electrons. The lowest BCUT2D eigenvalue weighted by Gasteiger charge is -2.06. The first-order chi connectivity index (χ1) is 12.9. The van der Waals surface area contributed by atoms with Crippen LogP contribution in [0, 0.1) is 0 Å². The van der Waals surface area contributed by atoms with Gasteiger partial charge >= 0.3 is 0 Å². The molecule has 0 aliphatic heterocycles. The molecule has 0 spiro atoms. The lowest BCUT2D eigenvalue weighted by molar-refractivity contribution is 1.28. The van der Waals surface area contributed by atoms with E-state index in [2.05, 4.69) is 35.3 Å². The molecule has 26 heavy (non-hydrogen) atoms. The van der Waals surface area contributed by atoms with Gasteiger partial charge in [-0.25, -0.2) is 9.97 Å². The molecule has 3 nitrogen and oxygen atoms in total. The number of benzene rings is 2. The first-order valence-corrected chi connectivity index (χ1v) is 8.54. The van der Waals surface area contributed by atoms with Crippen LogP contribution in [0.1, 0.15) is 0 Å². The Kier molecular flexibility index (Phi) is 3.42. The van der Waals surface area contributed by atoms with Crippen LogP contribution >= 0.6 is 0 Å². The van der Waals surface area contributed by atoms with Crippen molar-refractivity contribution >= 4 is 21.8 Å². The lowest BCUT2D eigenvalue weighted by Crippen LogP contribution is -1.90. The molecule has 0 amide bonds. The Morgan fingerprint density at radius 3 is 1.54 bits per heavy atom. The van der Waals surface area contributed by atoms with Crippen LogP contribution in [-0.2, 0) is 0 Å². The Morgan fingerprint density at radius 1 is 0.500 bits per heavy atom. The maximum absolute atomic E-state index is 4.77. The zero-order chi connectivity index (χ0) is 17.3. The molecule has 0 unspecified atom stereocenters. The van der Waals surface area contributed by atoms with E-state index in [-0.39, 0.29) is 0 Å². The number of para-hydroxylation sites is 2.